The molecule has 2 heterocycles. The van der Waals surface area contributed by atoms with Crippen LogP contribution in [0, 0.1) is 6.92 Å². The lowest BCUT2D eigenvalue weighted by Crippen LogP contribution is -2.45. The number of ether oxygens (including phenoxy) is 1. The van der Waals surface area contributed by atoms with Gasteiger partial charge in [-0.25, -0.2) is 0 Å². The molecule has 0 spiro atoms. The van der Waals surface area contributed by atoms with Crippen molar-refractivity contribution in [2.45, 2.75) is 25.8 Å². The van der Waals surface area contributed by atoms with Crippen molar-refractivity contribution in [2.24, 2.45) is 0 Å². The average Bonchev–Trinajstić information content (AvgIpc) is 3.43. The highest BCUT2D eigenvalue weighted by Gasteiger charge is 2.34. The Morgan fingerprint density at radius 1 is 1.17 bits per heavy atom. The van der Waals surface area contributed by atoms with Crippen molar-refractivity contribution in [3.05, 3.63) is 60.2 Å². The molecular weight excluding hydrogens is 400 g/mol. The van der Waals surface area contributed by atoms with E-state index in [1.807, 2.05) is 49.4 Å². The van der Waals surface area contributed by atoms with Crippen molar-refractivity contribution in [2.75, 3.05) is 18.5 Å². The molecule has 0 radical (unpaired) electrons. The van der Waals surface area contributed by atoms with Gasteiger partial charge in [0.05, 0.1) is 0 Å². The van der Waals surface area contributed by atoms with Crippen LogP contribution in [-0.4, -0.2) is 46.1 Å². The van der Waals surface area contributed by atoms with E-state index in [-0.39, 0.29) is 18.4 Å². The van der Waals surface area contributed by atoms with Crippen LogP contribution in [0.25, 0.3) is 10.6 Å². The molecule has 1 N–H and O–H groups in total. The Morgan fingerprint density at radius 3 is 2.80 bits per heavy atom. The number of anilines is 1. The van der Waals surface area contributed by atoms with Crippen molar-refractivity contribution in [3.63, 3.8) is 0 Å². The molecule has 30 heavy (non-hydrogen) atoms. The molecule has 2 aromatic carbocycles. The summed E-state index contributed by atoms with van der Waals surface area (Å²) in [5.74, 6) is 0.185. The zero-order valence-electron chi connectivity index (χ0n) is 16.6. The second-order valence-electron chi connectivity index (χ2n) is 7.12. The number of likely N-dealkylation sites (tertiary alicyclic amines) is 1. The van der Waals surface area contributed by atoms with Crippen LogP contribution < -0.4 is 10.1 Å². The Kier molecular flexibility index (Phi) is 6.04. The molecule has 1 aliphatic heterocycles. The second kappa shape index (κ2) is 9.04. The first-order valence-electron chi connectivity index (χ1n) is 9.79. The maximum Gasteiger partial charge on any atom is 0.261 e. The number of carbonyl (C=O) groups excluding carboxylic acids is 2. The van der Waals surface area contributed by atoms with Crippen LogP contribution in [0.4, 0.5) is 5.13 Å². The molecule has 1 aromatic heterocycles. The van der Waals surface area contributed by atoms with Crippen LogP contribution in [0.15, 0.2) is 54.6 Å². The lowest BCUT2D eigenvalue weighted by molar-refractivity contribution is -0.138. The molecule has 0 saturated carbocycles. The Morgan fingerprint density at radius 2 is 2.00 bits per heavy atom. The predicted octanol–water partition coefficient (Wildman–Crippen LogP) is 3.52. The van der Waals surface area contributed by atoms with Gasteiger partial charge in [-0.15, -0.1) is 10.2 Å². The Labute approximate surface area is 178 Å². The van der Waals surface area contributed by atoms with E-state index >= 15 is 0 Å². The molecular formula is C22H22N4O3S. The van der Waals surface area contributed by atoms with Gasteiger partial charge in [-0.2, -0.15) is 0 Å². The zero-order chi connectivity index (χ0) is 20.9. The standard InChI is InChI=1S/C22H22N4O3S/c1-15-7-5-8-16(13-15)21-24-25-22(30-21)23-20(28)18-11-6-12-26(18)19(27)14-29-17-9-3-2-4-10-17/h2-5,7-10,13,18H,6,11-12,14H2,1H3,(H,23,25,28). The SMILES string of the molecule is Cc1cccc(-c2nnc(NC(=O)C3CCCN3C(=O)COc3ccccc3)s2)c1. The quantitative estimate of drug-likeness (QED) is 0.657. The van der Waals surface area contributed by atoms with Gasteiger partial charge in [0.15, 0.2) is 6.61 Å². The summed E-state index contributed by atoms with van der Waals surface area (Å²) >= 11 is 1.32. The largest absolute Gasteiger partial charge is 0.484 e. The third kappa shape index (κ3) is 4.65. The molecule has 154 valence electrons. The minimum atomic E-state index is -0.525. The normalized spacial score (nSPS) is 15.8. The molecule has 2 amide bonds. The van der Waals surface area contributed by atoms with Gasteiger partial charge in [-0.3, -0.25) is 14.9 Å². The molecule has 1 atom stereocenters. The van der Waals surface area contributed by atoms with Gasteiger partial charge in [-0.05, 0) is 38.0 Å². The highest BCUT2D eigenvalue weighted by atomic mass is 32.1. The van der Waals surface area contributed by atoms with E-state index in [1.54, 1.807) is 17.0 Å². The molecule has 7 nitrogen and oxygen atoms in total. The summed E-state index contributed by atoms with van der Waals surface area (Å²) < 4.78 is 5.55. The van der Waals surface area contributed by atoms with E-state index in [9.17, 15) is 9.59 Å². The van der Waals surface area contributed by atoms with Crippen LogP contribution in [0.2, 0.25) is 0 Å². The third-order valence-electron chi connectivity index (χ3n) is 4.90. The number of nitrogens with zero attached hydrogens (tertiary/aromatic N) is 3. The maximum absolute atomic E-state index is 12.8. The number of carbonyl (C=O) groups is 2. The molecule has 1 unspecified atom stereocenters. The van der Waals surface area contributed by atoms with Gasteiger partial charge in [0.1, 0.15) is 16.8 Å². The van der Waals surface area contributed by atoms with E-state index in [4.69, 9.17) is 4.74 Å². The van der Waals surface area contributed by atoms with Crippen molar-refractivity contribution >= 4 is 28.3 Å². The fraction of sp³-hybridized carbons (Fsp3) is 0.273. The minimum Gasteiger partial charge on any atom is -0.484 e. The molecule has 3 aromatic rings. The van der Waals surface area contributed by atoms with E-state index in [0.29, 0.717) is 23.8 Å². The average molecular weight is 423 g/mol. The first kappa shape index (κ1) is 20.0. The first-order valence-corrected chi connectivity index (χ1v) is 10.6. The van der Waals surface area contributed by atoms with Crippen molar-refractivity contribution in [1.82, 2.24) is 15.1 Å². The highest BCUT2D eigenvalue weighted by molar-refractivity contribution is 7.18. The summed E-state index contributed by atoms with van der Waals surface area (Å²) in [6.45, 7) is 2.46. The minimum absolute atomic E-state index is 0.0931. The van der Waals surface area contributed by atoms with Gasteiger partial charge in [-0.1, -0.05) is 53.3 Å². The Bertz CT molecular complexity index is 1040. The highest BCUT2D eigenvalue weighted by Crippen LogP contribution is 2.28. The number of benzene rings is 2. The van der Waals surface area contributed by atoms with Gasteiger partial charge < -0.3 is 9.64 Å². The number of hydrogen-bond donors (Lipinski definition) is 1. The van der Waals surface area contributed by atoms with Crippen LogP contribution in [0.3, 0.4) is 0 Å². The summed E-state index contributed by atoms with van der Waals surface area (Å²) in [4.78, 5) is 27.0. The third-order valence-corrected chi connectivity index (χ3v) is 5.79. The fourth-order valence-corrected chi connectivity index (χ4v) is 4.18. The van der Waals surface area contributed by atoms with Crippen LogP contribution >= 0.6 is 11.3 Å². The predicted molar refractivity (Wildman–Crippen MR) is 115 cm³/mol. The van der Waals surface area contributed by atoms with E-state index in [2.05, 4.69) is 15.5 Å². The summed E-state index contributed by atoms with van der Waals surface area (Å²) in [5.41, 5.74) is 2.09. The van der Waals surface area contributed by atoms with Gasteiger partial charge in [0, 0.05) is 12.1 Å². The monoisotopic (exact) mass is 422 g/mol. The molecule has 0 bridgehead atoms. The van der Waals surface area contributed by atoms with Crippen molar-refractivity contribution in [1.29, 1.82) is 0 Å². The number of aromatic nitrogens is 2. The second-order valence-corrected chi connectivity index (χ2v) is 8.10. The van der Waals surface area contributed by atoms with E-state index < -0.39 is 6.04 Å². The Balaban J connectivity index is 1.37. The van der Waals surface area contributed by atoms with E-state index in [1.165, 1.54) is 11.3 Å². The molecule has 4 rings (SSSR count). The molecule has 1 fully saturated rings. The molecule has 0 aliphatic carbocycles. The number of amides is 2. The smallest absolute Gasteiger partial charge is 0.261 e. The number of para-hydroxylation sites is 1. The topological polar surface area (TPSA) is 84.4 Å². The summed E-state index contributed by atoms with van der Waals surface area (Å²) in [7, 11) is 0. The molecule has 1 aliphatic rings. The Hall–Kier alpha value is -3.26. The van der Waals surface area contributed by atoms with Crippen molar-refractivity contribution in [3.8, 4) is 16.3 Å². The van der Waals surface area contributed by atoms with Crippen LogP contribution in [0.1, 0.15) is 18.4 Å². The lowest BCUT2D eigenvalue weighted by atomic mass is 10.1. The number of rotatable bonds is 6. The fourth-order valence-electron chi connectivity index (χ4n) is 3.44. The van der Waals surface area contributed by atoms with E-state index in [0.717, 1.165) is 22.6 Å². The molecule has 8 heteroatoms. The number of aryl methyl sites for hydroxylation is 1. The summed E-state index contributed by atoms with van der Waals surface area (Å²) in [5, 5.41) is 12.3. The van der Waals surface area contributed by atoms with Crippen LogP contribution in [0.5, 0.6) is 5.75 Å². The van der Waals surface area contributed by atoms with Crippen molar-refractivity contribution < 1.29 is 14.3 Å². The first-order chi connectivity index (χ1) is 14.6. The van der Waals surface area contributed by atoms with Gasteiger partial charge in [0.2, 0.25) is 11.0 Å². The van der Waals surface area contributed by atoms with Gasteiger partial charge in [0.25, 0.3) is 5.91 Å². The summed E-state index contributed by atoms with van der Waals surface area (Å²) in [6, 6.07) is 16.6. The zero-order valence-corrected chi connectivity index (χ0v) is 17.4. The number of nitrogens with one attached hydrogen (secondary N) is 1. The summed E-state index contributed by atoms with van der Waals surface area (Å²) in [6.07, 6.45) is 1.40. The molecule has 1 saturated heterocycles. The number of hydrogen-bond acceptors (Lipinski definition) is 6. The lowest BCUT2D eigenvalue weighted by Gasteiger charge is -2.23. The van der Waals surface area contributed by atoms with Gasteiger partial charge >= 0.3 is 0 Å². The van der Waals surface area contributed by atoms with Crippen LogP contribution in [-0.2, 0) is 9.59 Å². The maximum atomic E-state index is 12.8.